The lowest BCUT2D eigenvalue weighted by Gasteiger charge is -1.82. The zero-order valence-corrected chi connectivity index (χ0v) is 4.31. The van der Waals surface area contributed by atoms with Crippen LogP contribution >= 0.6 is 0 Å². The lowest BCUT2D eigenvalue weighted by molar-refractivity contribution is 0.311. The Hall–Kier alpha value is -0.130. The van der Waals surface area contributed by atoms with E-state index in [2.05, 4.69) is 0 Å². The van der Waals surface area contributed by atoms with E-state index >= 15 is 0 Å². The Morgan fingerprint density at radius 2 is 1.86 bits per heavy atom. The second kappa shape index (κ2) is 2.25. The zero-order chi connectivity index (χ0) is 5.91. The topological polar surface area (TPSA) is 74.3 Å². The van der Waals surface area contributed by atoms with E-state index in [1.54, 1.807) is 0 Å². The number of hydrogen-bond donors (Lipinski definition) is 1. The molecular formula is C2H5O4S. The van der Waals surface area contributed by atoms with Gasteiger partial charge in [-0.3, -0.25) is 0 Å². The monoisotopic (exact) mass is 125 g/mol. The molecule has 0 aliphatic heterocycles. The fourth-order valence-corrected chi connectivity index (χ4v) is 0.335. The van der Waals surface area contributed by atoms with E-state index in [0.29, 0.717) is 0 Å². The molecular weight excluding hydrogens is 120 g/mol. The first-order chi connectivity index (χ1) is 3.06. The molecule has 0 saturated carbocycles. The fourth-order valence-electron chi connectivity index (χ4n) is 0.112. The predicted octanol–water partition coefficient (Wildman–Crippen LogP) is -1.26. The molecule has 0 amide bonds. The largest absolute Gasteiger partial charge is 0.395 e. The summed E-state index contributed by atoms with van der Waals surface area (Å²) >= 11 is 0. The van der Waals surface area contributed by atoms with Crippen molar-refractivity contribution in [2.24, 2.45) is 0 Å². The molecule has 0 saturated heterocycles. The second-order valence-corrected chi connectivity index (χ2v) is 2.51. The van der Waals surface area contributed by atoms with Crippen molar-refractivity contribution in [3.05, 3.63) is 0 Å². The van der Waals surface area contributed by atoms with Crippen molar-refractivity contribution < 1.29 is 18.1 Å². The van der Waals surface area contributed by atoms with Gasteiger partial charge in [-0.05, 0) is 0 Å². The lowest BCUT2D eigenvalue weighted by atomic mass is 10.9. The molecule has 0 unspecified atom stereocenters. The summed E-state index contributed by atoms with van der Waals surface area (Å²) in [6.07, 6.45) is 0. The third kappa shape index (κ3) is 5.87. The van der Waals surface area contributed by atoms with E-state index in [0.717, 1.165) is 0 Å². The van der Waals surface area contributed by atoms with Crippen LogP contribution in [0.2, 0.25) is 0 Å². The standard InChI is InChI=1S/C2H5O4S/c3-1-2-7(4,5)6/h3H,1-2H2. The average Bonchev–Trinajstić information content (AvgIpc) is 1.30. The van der Waals surface area contributed by atoms with E-state index in [1.165, 1.54) is 0 Å². The normalized spacial score (nSPS) is 11.7. The molecule has 0 fully saturated rings. The number of aliphatic hydroxyl groups excluding tert-OH is 1. The van der Waals surface area contributed by atoms with Crippen molar-refractivity contribution in [3.63, 3.8) is 0 Å². The van der Waals surface area contributed by atoms with Crippen LogP contribution in [-0.2, 0) is 14.7 Å². The van der Waals surface area contributed by atoms with Gasteiger partial charge in [0, 0.05) is 0 Å². The van der Waals surface area contributed by atoms with Gasteiger partial charge in [-0.25, -0.2) is 0 Å². The third-order valence-electron chi connectivity index (χ3n) is 0.341. The summed E-state index contributed by atoms with van der Waals surface area (Å²) in [7, 11) is -4.17. The van der Waals surface area contributed by atoms with Gasteiger partial charge in [0.2, 0.25) is 0 Å². The molecule has 4 nitrogen and oxygen atoms in total. The Kier molecular flexibility index (Phi) is 2.21. The fraction of sp³-hybridized carbons (Fsp3) is 1.00. The van der Waals surface area contributed by atoms with E-state index in [-0.39, 0.29) is 0 Å². The van der Waals surface area contributed by atoms with Gasteiger partial charge in [0.15, 0.2) is 0 Å². The zero-order valence-electron chi connectivity index (χ0n) is 3.49. The van der Waals surface area contributed by atoms with Crippen molar-refractivity contribution >= 4 is 10.1 Å². The van der Waals surface area contributed by atoms with Gasteiger partial charge in [0.25, 0.3) is 10.1 Å². The maximum Gasteiger partial charge on any atom is 0.296 e. The molecule has 0 aliphatic carbocycles. The summed E-state index contributed by atoms with van der Waals surface area (Å²) in [5, 5.41) is 7.82. The van der Waals surface area contributed by atoms with Crippen LogP contribution in [0.3, 0.4) is 0 Å². The summed E-state index contributed by atoms with van der Waals surface area (Å²) in [6.45, 7) is -0.591. The summed E-state index contributed by atoms with van der Waals surface area (Å²) in [4.78, 5) is 0. The maximum atomic E-state index is 9.52. The molecule has 7 heavy (non-hydrogen) atoms. The highest BCUT2D eigenvalue weighted by atomic mass is 32.2. The van der Waals surface area contributed by atoms with Gasteiger partial charge in [-0.2, -0.15) is 8.42 Å². The number of aliphatic hydroxyl groups is 1. The van der Waals surface area contributed by atoms with Crippen molar-refractivity contribution in [3.8, 4) is 0 Å². The molecule has 0 atom stereocenters. The Morgan fingerprint density at radius 3 is 1.86 bits per heavy atom. The SMILES string of the molecule is [O]S(=O)(=O)CCO. The Morgan fingerprint density at radius 1 is 1.43 bits per heavy atom. The van der Waals surface area contributed by atoms with Gasteiger partial charge in [0.1, 0.15) is 5.75 Å². The molecule has 1 radical (unpaired) electrons. The van der Waals surface area contributed by atoms with Crippen LogP contribution in [0.1, 0.15) is 0 Å². The minimum absolute atomic E-state index is 0.591. The van der Waals surface area contributed by atoms with E-state index in [1.807, 2.05) is 0 Å². The van der Waals surface area contributed by atoms with Crippen LogP contribution in [0, 0.1) is 0 Å². The van der Waals surface area contributed by atoms with Crippen LogP contribution in [0.15, 0.2) is 0 Å². The van der Waals surface area contributed by atoms with Crippen LogP contribution in [-0.4, -0.2) is 25.9 Å². The van der Waals surface area contributed by atoms with Gasteiger partial charge in [-0.1, -0.05) is 4.55 Å². The first kappa shape index (κ1) is 6.87. The Balaban J connectivity index is 3.60. The van der Waals surface area contributed by atoms with Gasteiger partial charge < -0.3 is 5.11 Å². The lowest BCUT2D eigenvalue weighted by Crippen LogP contribution is -2.05. The number of rotatable bonds is 2. The van der Waals surface area contributed by atoms with Crippen molar-refractivity contribution in [1.29, 1.82) is 0 Å². The minimum atomic E-state index is -4.17. The quantitative estimate of drug-likeness (QED) is 0.500. The van der Waals surface area contributed by atoms with E-state index in [4.69, 9.17) is 5.11 Å². The first-order valence-electron chi connectivity index (χ1n) is 1.60. The van der Waals surface area contributed by atoms with E-state index in [9.17, 15) is 13.0 Å². The van der Waals surface area contributed by atoms with Gasteiger partial charge in [-0.15, -0.1) is 0 Å². The predicted molar refractivity (Wildman–Crippen MR) is 21.6 cm³/mol. The summed E-state index contributed by atoms with van der Waals surface area (Å²) < 4.78 is 28.5. The molecule has 5 heteroatoms. The molecule has 0 aromatic heterocycles. The van der Waals surface area contributed by atoms with E-state index < -0.39 is 22.5 Å². The number of hydrogen-bond acceptors (Lipinski definition) is 3. The minimum Gasteiger partial charge on any atom is -0.395 e. The molecule has 1 N–H and O–H groups in total. The van der Waals surface area contributed by atoms with Crippen molar-refractivity contribution in [2.45, 2.75) is 0 Å². The molecule has 0 spiro atoms. The highest BCUT2D eigenvalue weighted by Crippen LogP contribution is 1.77. The molecule has 0 bridgehead atoms. The van der Waals surface area contributed by atoms with Crippen LogP contribution in [0.4, 0.5) is 0 Å². The molecule has 0 aliphatic rings. The molecule has 43 valence electrons. The van der Waals surface area contributed by atoms with Gasteiger partial charge >= 0.3 is 0 Å². The highest BCUT2D eigenvalue weighted by Gasteiger charge is 2.02. The molecule has 0 aromatic carbocycles. The summed E-state index contributed by atoms with van der Waals surface area (Å²) in [6, 6.07) is 0. The summed E-state index contributed by atoms with van der Waals surface area (Å²) in [5.74, 6) is -0.688. The molecule has 0 heterocycles. The average molecular weight is 125 g/mol. The Bertz CT molecular complexity index is 123. The van der Waals surface area contributed by atoms with Crippen molar-refractivity contribution in [1.82, 2.24) is 0 Å². The van der Waals surface area contributed by atoms with Crippen LogP contribution < -0.4 is 0 Å². The third-order valence-corrected chi connectivity index (χ3v) is 1.02. The summed E-state index contributed by atoms with van der Waals surface area (Å²) in [5.41, 5.74) is 0. The van der Waals surface area contributed by atoms with Crippen LogP contribution in [0.5, 0.6) is 0 Å². The smallest absolute Gasteiger partial charge is 0.296 e. The maximum absolute atomic E-state index is 9.52. The van der Waals surface area contributed by atoms with Crippen LogP contribution in [0.25, 0.3) is 0 Å². The van der Waals surface area contributed by atoms with Crippen molar-refractivity contribution in [2.75, 3.05) is 12.4 Å². The van der Waals surface area contributed by atoms with Gasteiger partial charge in [0.05, 0.1) is 6.61 Å². The Labute approximate surface area is 41.5 Å². The molecule has 0 aromatic rings. The molecule has 0 rings (SSSR count). The first-order valence-corrected chi connectivity index (χ1v) is 3.18. The second-order valence-electron chi connectivity index (χ2n) is 0.985. The highest BCUT2D eigenvalue weighted by molar-refractivity contribution is 7.85.